The molecule has 1 aliphatic rings. The molecule has 118 valence electrons. The summed E-state index contributed by atoms with van der Waals surface area (Å²) in [6.45, 7) is 4.58. The van der Waals surface area contributed by atoms with Crippen molar-refractivity contribution >= 4 is 17.9 Å². The molecule has 0 aliphatic carbocycles. The monoisotopic (exact) mass is 301 g/mol. The Hall–Kier alpha value is -2.17. The lowest BCUT2D eigenvalue weighted by molar-refractivity contribution is -0.138. The van der Waals surface area contributed by atoms with Gasteiger partial charge in [-0.05, 0) is 51.3 Å². The van der Waals surface area contributed by atoms with E-state index in [2.05, 4.69) is 17.2 Å². The van der Waals surface area contributed by atoms with Crippen LogP contribution in [0.1, 0.15) is 38.8 Å². The van der Waals surface area contributed by atoms with Gasteiger partial charge >= 0.3 is 0 Å². The number of piperidine rings is 1. The third-order valence-corrected chi connectivity index (χ3v) is 3.91. The predicted octanol–water partition coefficient (Wildman–Crippen LogP) is 2.00. The first-order valence-electron chi connectivity index (χ1n) is 7.78. The third-order valence-electron chi connectivity index (χ3n) is 3.91. The number of carbonyl (C=O) groups excluding carboxylic acids is 2. The molecule has 5 heteroatoms. The Morgan fingerprint density at radius 2 is 2.23 bits per heavy atom. The van der Waals surface area contributed by atoms with E-state index < -0.39 is 6.04 Å². The summed E-state index contributed by atoms with van der Waals surface area (Å²) in [5.74, 6) is -0.289. The summed E-state index contributed by atoms with van der Waals surface area (Å²) < 4.78 is 0. The second kappa shape index (κ2) is 7.73. The molecule has 2 amide bonds. The molecule has 1 N–H and O–H groups in total. The average Bonchev–Trinajstić information content (AvgIpc) is 2.53. The first-order chi connectivity index (χ1) is 10.6. The maximum absolute atomic E-state index is 12.4. The molecule has 22 heavy (non-hydrogen) atoms. The Balaban J connectivity index is 1.88. The highest BCUT2D eigenvalue weighted by Gasteiger charge is 2.27. The zero-order valence-corrected chi connectivity index (χ0v) is 13.2. The van der Waals surface area contributed by atoms with Crippen LogP contribution >= 0.6 is 0 Å². The van der Waals surface area contributed by atoms with Crippen molar-refractivity contribution in [1.82, 2.24) is 15.2 Å². The first kappa shape index (κ1) is 16.2. The van der Waals surface area contributed by atoms with Crippen LogP contribution in [0.25, 0.3) is 6.08 Å². The van der Waals surface area contributed by atoms with Gasteiger partial charge in [0, 0.05) is 24.9 Å². The minimum atomic E-state index is -0.513. The van der Waals surface area contributed by atoms with Gasteiger partial charge in [0.25, 0.3) is 0 Å². The second-order valence-corrected chi connectivity index (χ2v) is 5.69. The molecule has 1 aliphatic heterocycles. The molecule has 0 saturated carbocycles. The number of likely N-dealkylation sites (tertiary alicyclic amines) is 1. The Kier molecular flexibility index (Phi) is 5.69. The lowest BCUT2D eigenvalue weighted by Crippen LogP contribution is -2.51. The number of pyridine rings is 1. The van der Waals surface area contributed by atoms with Gasteiger partial charge in [0.1, 0.15) is 6.04 Å². The van der Waals surface area contributed by atoms with Gasteiger partial charge in [0.05, 0.1) is 5.69 Å². The number of hydrogen-bond donors (Lipinski definition) is 1. The van der Waals surface area contributed by atoms with Crippen LogP contribution in [0.4, 0.5) is 0 Å². The number of aromatic nitrogens is 1. The van der Waals surface area contributed by atoms with Crippen LogP contribution < -0.4 is 5.32 Å². The Morgan fingerprint density at radius 1 is 1.41 bits per heavy atom. The van der Waals surface area contributed by atoms with Crippen molar-refractivity contribution in [1.29, 1.82) is 0 Å². The van der Waals surface area contributed by atoms with Gasteiger partial charge in [0.2, 0.25) is 11.8 Å². The minimum absolute atomic E-state index is 0.00761. The molecule has 2 unspecified atom stereocenters. The number of carbonyl (C=O) groups is 2. The predicted molar refractivity (Wildman–Crippen MR) is 85.9 cm³/mol. The quantitative estimate of drug-likeness (QED) is 0.865. The highest BCUT2D eigenvalue weighted by molar-refractivity contribution is 5.95. The van der Waals surface area contributed by atoms with Crippen LogP contribution in [0.15, 0.2) is 30.5 Å². The Labute approximate surface area is 131 Å². The van der Waals surface area contributed by atoms with Crippen LogP contribution in [-0.2, 0) is 9.59 Å². The zero-order valence-electron chi connectivity index (χ0n) is 13.2. The number of nitrogens with one attached hydrogen (secondary N) is 1. The van der Waals surface area contributed by atoms with E-state index in [0.717, 1.165) is 19.4 Å². The van der Waals surface area contributed by atoms with Gasteiger partial charge in [-0.3, -0.25) is 14.6 Å². The van der Waals surface area contributed by atoms with E-state index in [1.54, 1.807) is 19.2 Å². The molecule has 1 fully saturated rings. The number of hydrogen-bond acceptors (Lipinski definition) is 3. The number of rotatable bonds is 4. The van der Waals surface area contributed by atoms with Crippen molar-refractivity contribution in [3.05, 3.63) is 36.2 Å². The van der Waals surface area contributed by atoms with Crippen molar-refractivity contribution in [2.24, 2.45) is 0 Å². The lowest BCUT2D eigenvalue weighted by atomic mass is 10.0. The van der Waals surface area contributed by atoms with E-state index in [1.165, 1.54) is 12.5 Å². The molecular weight excluding hydrogens is 278 g/mol. The van der Waals surface area contributed by atoms with E-state index >= 15 is 0 Å². The largest absolute Gasteiger partial charge is 0.341 e. The smallest absolute Gasteiger partial charge is 0.245 e. The molecule has 0 bridgehead atoms. The summed E-state index contributed by atoms with van der Waals surface area (Å²) in [6.07, 6.45) is 7.95. The molecule has 2 atom stereocenters. The van der Waals surface area contributed by atoms with Crippen LogP contribution in [0.2, 0.25) is 0 Å². The third kappa shape index (κ3) is 4.41. The fraction of sp³-hybridized carbons (Fsp3) is 0.471. The highest BCUT2D eigenvalue weighted by Crippen LogP contribution is 2.17. The molecular formula is C17H23N3O2. The Bertz CT molecular complexity index is 542. The molecule has 1 saturated heterocycles. The molecule has 1 aromatic rings. The summed E-state index contributed by atoms with van der Waals surface area (Å²) in [5.41, 5.74) is 0.710. The van der Waals surface area contributed by atoms with E-state index in [-0.39, 0.29) is 17.9 Å². The molecule has 0 radical (unpaired) electrons. The molecule has 2 rings (SSSR count). The summed E-state index contributed by atoms with van der Waals surface area (Å²) in [7, 11) is 0. The van der Waals surface area contributed by atoms with Crippen molar-refractivity contribution in [3.63, 3.8) is 0 Å². The molecule has 0 spiro atoms. The summed E-state index contributed by atoms with van der Waals surface area (Å²) in [6, 6.07) is 5.23. The van der Waals surface area contributed by atoms with Crippen molar-refractivity contribution in [3.8, 4) is 0 Å². The molecule has 2 heterocycles. The maximum Gasteiger partial charge on any atom is 0.245 e. The van der Waals surface area contributed by atoms with Crippen LogP contribution in [0.5, 0.6) is 0 Å². The Morgan fingerprint density at radius 3 is 2.91 bits per heavy atom. The average molecular weight is 301 g/mol. The van der Waals surface area contributed by atoms with Gasteiger partial charge in [-0.1, -0.05) is 6.07 Å². The molecule has 1 aromatic heterocycles. The minimum Gasteiger partial charge on any atom is -0.341 e. The maximum atomic E-state index is 12.4. The van der Waals surface area contributed by atoms with Crippen molar-refractivity contribution in [2.75, 3.05) is 6.54 Å². The van der Waals surface area contributed by atoms with Gasteiger partial charge in [-0.25, -0.2) is 0 Å². The first-order valence-corrected chi connectivity index (χ1v) is 7.78. The normalized spacial score (nSPS) is 19.9. The SMILES string of the molecule is CC(NC(=O)C=Cc1ccccn1)C(=O)N1CCCCC1C. The molecule has 5 nitrogen and oxygen atoms in total. The van der Waals surface area contributed by atoms with Crippen LogP contribution in [0.3, 0.4) is 0 Å². The van der Waals surface area contributed by atoms with Crippen LogP contribution in [-0.4, -0.2) is 40.3 Å². The summed E-state index contributed by atoms with van der Waals surface area (Å²) >= 11 is 0. The fourth-order valence-electron chi connectivity index (χ4n) is 2.63. The fourth-order valence-corrected chi connectivity index (χ4v) is 2.63. The van der Waals surface area contributed by atoms with E-state index in [1.807, 2.05) is 23.1 Å². The lowest BCUT2D eigenvalue weighted by Gasteiger charge is -2.35. The zero-order chi connectivity index (χ0) is 15.9. The van der Waals surface area contributed by atoms with E-state index in [4.69, 9.17) is 0 Å². The topological polar surface area (TPSA) is 62.3 Å². The highest BCUT2D eigenvalue weighted by atomic mass is 16.2. The van der Waals surface area contributed by atoms with Crippen molar-refractivity contribution in [2.45, 2.75) is 45.2 Å². The van der Waals surface area contributed by atoms with E-state index in [9.17, 15) is 9.59 Å². The molecule has 0 aromatic carbocycles. The standard InChI is InChI=1S/C17H23N3O2/c1-13-7-4-6-12-20(13)17(22)14(2)19-16(21)10-9-15-8-3-5-11-18-15/h3,5,8-11,13-14H,4,6-7,12H2,1-2H3,(H,19,21). The van der Waals surface area contributed by atoms with Gasteiger partial charge in [-0.15, -0.1) is 0 Å². The number of nitrogens with zero attached hydrogens (tertiary/aromatic N) is 2. The van der Waals surface area contributed by atoms with Gasteiger partial charge < -0.3 is 10.2 Å². The summed E-state index contributed by atoms with van der Waals surface area (Å²) in [4.78, 5) is 30.3. The van der Waals surface area contributed by atoms with Crippen LogP contribution in [0, 0.1) is 0 Å². The van der Waals surface area contributed by atoms with Gasteiger partial charge in [0.15, 0.2) is 0 Å². The van der Waals surface area contributed by atoms with Crippen molar-refractivity contribution < 1.29 is 9.59 Å². The summed E-state index contributed by atoms with van der Waals surface area (Å²) in [5, 5.41) is 2.72. The second-order valence-electron chi connectivity index (χ2n) is 5.69. The van der Waals surface area contributed by atoms with Gasteiger partial charge in [-0.2, -0.15) is 0 Å². The van der Waals surface area contributed by atoms with E-state index in [0.29, 0.717) is 5.69 Å². The number of amides is 2.